The predicted octanol–water partition coefficient (Wildman–Crippen LogP) is 6.17. The van der Waals surface area contributed by atoms with Crippen molar-refractivity contribution in [3.8, 4) is 29.1 Å². The van der Waals surface area contributed by atoms with E-state index in [-0.39, 0.29) is 5.56 Å². The van der Waals surface area contributed by atoms with E-state index in [0.717, 1.165) is 11.1 Å². The molecule has 0 unspecified atom stereocenters. The summed E-state index contributed by atoms with van der Waals surface area (Å²) < 4.78 is 22.7. The fourth-order valence-electron chi connectivity index (χ4n) is 3.30. The average molecular weight is 458 g/mol. The third-order valence-electron chi connectivity index (χ3n) is 4.73. The van der Waals surface area contributed by atoms with Crippen LogP contribution in [0.1, 0.15) is 42.3 Å². The number of rotatable bonds is 10. The summed E-state index contributed by atoms with van der Waals surface area (Å²) in [5.74, 6) is 1.09. The molecule has 6 heteroatoms. The van der Waals surface area contributed by atoms with Gasteiger partial charge in [-0.1, -0.05) is 42.5 Å². The van der Waals surface area contributed by atoms with Crippen LogP contribution in [0.4, 0.5) is 0 Å². The first kappa shape index (κ1) is 24.4. The maximum atomic E-state index is 13.0. The van der Waals surface area contributed by atoms with Crippen LogP contribution in [-0.4, -0.2) is 25.8 Å². The predicted molar refractivity (Wildman–Crippen MR) is 131 cm³/mol. The summed E-state index contributed by atoms with van der Waals surface area (Å²) in [6.07, 6.45) is 1.75. The van der Waals surface area contributed by atoms with E-state index >= 15 is 0 Å². The number of nitrogens with zero attached hydrogens (tertiary/aromatic N) is 1. The molecule has 0 heterocycles. The molecular weight excluding hydrogens is 430 g/mol. The van der Waals surface area contributed by atoms with Crippen molar-refractivity contribution in [2.75, 3.05) is 19.8 Å². The Bertz CT molecular complexity index is 1170. The van der Waals surface area contributed by atoms with Crippen molar-refractivity contribution in [2.24, 2.45) is 0 Å². The average Bonchev–Trinajstić information content (AvgIpc) is 2.85. The summed E-state index contributed by atoms with van der Waals surface area (Å²) in [6, 6.07) is 21.8. The van der Waals surface area contributed by atoms with Crippen molar-refractivity contribution >= 4 is 17.6 Å². The molecule has 0 saturated carbocycles. The summed E-state index contributed by atoms with van der Waals surface area (Å²) >= 11 is 0. The second kappa shape index (κ2) is 12.1. The van der Waals surface area contributed by atoms with Gasteiger partial charge in [-0.05, 0) is 62.2 Å². The van der Waals surface area contributed by atoms with Crippen LogP contribution in [0, 0.1) is 11.3 Å². The molecule has 3 aromatic rings. The van der Waals surface area contributed by atoms with Crippen molar-refractivity contribution in [1.82, 2.24) is 0 Å². The van der Waals surface area contributed by atoms with Gasteiger partial charge in [0.1, 0.15) is 5.75 Å². The molecular formula is C28H27NO5. The number of nitriles is 1. The first-order valence-electron chi connectivity index (χ1n) is 11.1. The number of carbonyl (C=O) groups excluding carboxylic acids is 1. The van der Waals surface area contributed by atoms with E-state index in [1.807, 2.05) is 57.2 Å². The van der Waals surface area contributed by atoms with Crippen LogP contribution >= 0.6 is 0 Å². The van der Waals surface area contributed by atoms with Gasteiger partial charge in [0.25, 0.3) is 0 Å². The van der Waals surface area contributed by atoms with Gasteiger partial charge < -0.3 is 18.9 Å². The van der Waals surface area contributed by atoms with Gasteiger partial charge in [0.15, 0.2) is 11.5 Å². The Hall–Kier alpha value is -4.24. The monoisotopic (exact) mass is 457 g/mol. The first-order chi connectivity index (χ1) is 16.6. The molecule has 0 aliphatic rings. The lowest BCUT2D eigenvalue weighted by Gasteiger charge is -2.16. The van der Waals surface area contributed by atoms with Crippen LogP contribution in [0.25, 0.3) is 11.6 Å². The van der Waals surface area contributed by atoms with Gasteiger partial charge in [-0.25, -0.2) is 4.79 Å². The third-order valence-corrected chi connectivity index (χ3v) is 4.73. The molecule has 0 atom stereocenters. The fourth-order valence-corrected chi connectivity index (χ4v) is 3.30. The lowest BCUT2D eigenvalue weighted by molar-refractivity contribution is 0.0733. The van der Waals surface area contributed by atoms with E-state index in [0.29, 0.717) is 48.4 Å². The number of ether oxygens (including phenoxy) is 4. The number of hydrogen-bond acceptors (Lipinski definition) is 6. The number of esters is 1. The minimum absolute atomic E-state index is 0.276. The highest BCUT2D eigenvalue weighted by atomic mass is 16.5. The summed E-state index contributed by atoms with van der Waals surface area (Å²) in [6.45, 7) is 6.81. The van der Waals surface area contributed by atoms with Gasteiger partial charge in [-0.3, -0.25) is 0 Å². The molecule has 0 aliphatic carbocycles. The normalized spacial score (nSPS) is 10.8. The largest absolute Gasteiger partial charge is 0.490 e. The molecule has 0 saturated heterocycles. The Kier molecular flexibility index (Phi) is 8.70. The number of benzene rings is 3. The van der Waals surface area contributed by atoms with E-state index in [2.05, 4.69) is 6.07 Å². The second-order valence-corrected chi connectivity index (χ2v) is 7.10. The van der Waals surface area contributed by atoms with Crippen LogP contribution in [0.5, 0.6) is 23.0 Å². The SMILES string of the molecule is CCOc1cc(C(=O)Oc2cccc(/C=C(/C#N)c3ccccc3)c2)cc(OCC)c1OCC. The van der Waals surface area contributed by atoms with Crippen molar-refractivity contribution in [3.05, 3.63) is 83.4 Å². The van der Waals surface area contributed by atoms with Crippen molar-refractivity contribution in [3.63, 3.8) is 0 Å². The van der Waals surface area contributed by atoms with E-state index in [9.17, 15) is 10.1 Å². The molecule has 3 aromatic carbocycles. The Morgan fingerprint density at radius 3 is 2.06 bits per heavy atom. The molecule has 34 heavy (non-hydrogen) atoms. The number of hydrogen-bond donors (Lipinski definition) is 0. The number of carbonyl (C=O) groups is 1. The summed E-state index contributed by atoms with van der Waals surface area (Å²) in [4.78, 5) is 13.0. The molecule has 3 rings (SSSR count). The van der Waals surface area contributed by atoms with Crippen LogP contribution in [0.15, 0.2) is 66.7 Å². The van der Waals surface area contributed by atoms with Gasteiger partial charge in [0.2, 0.25) is 5.75 Å². The molecule has 0 aromatic heterocycles. The molecule has 0 N–H and O–H groups in total. The molecule has 0 aliphatic heterocycles. The quantitative estimate of drug-likeness (QED) is 0.157. The van der Waals surface area contributed by atoms with Crippen LogP contribution in [0.3, 0.4) is 0 Å². The lowest BCUT2D eigenvalue weighted by Crippen LogP contribution is -2.11. The Morgan fingerprint density at radius 2 is 1.47 bits per heavy atom. The maximum Gasteiger partial charge on any atom is 0.343 e. The molecule has 174 valence electrons. The summed E-state index contributed by atoms with van der Waals surface area (Å²) in [5, 5.41) is 9.57. The topological polar surface area (TPSA) is 77.8 Å². The van der Waals surface area contributed by atoms with E-state index < -0.39 is 5.97 Å². The zero-order valence-electron chi connectivity index (χ0n) is 19.5. The summed E-state index contributed by atoms with van der Waals surface area (Å²) in [5.41, 5.74) is 2.34. The molecule has 0 bridgehead atoms. The van der Waals surface area contributed by atoms with Crippen molar-refractivity contribution < 1.29 is 23.7 Å². The number of allylic oxidation sites excluding steroid dienone is 1. The molecule has 0 spiro atoms. The van der Waals surface area contributed by atoms with E-state index in [4.69, 9.17) is 18.9 Å². The van der Waals surface area contributed by atoms with Gasteiger partial charge in [0.05, 0.1) is 37.0 Å². The van der Waals surface area contributed by atoms with Gasteiger partial charge in [-0.15, -0.1) is 0 Å². The van der Waals surface area contributed by atoms with Crippen LogP contribution in [-0.2, 0) is 0 Å². The molecule has 0 fully saturated rings. The van der Waals surface area contributed by atoms with Crippen molar-refractivity contribution in [2.45, 2.75) is 20.8 Å². The highest BCUT2D eigenvalue weighted by Crippen LogP contribution is 2.39. The minimum Gasteiger partial charge on any atom is -0.490 e. The first-order valence-corrected chi connectivity index (χ1v) is 11.1. The van der Waals surface area contributed by atoms with Crippen molar-refractivity contribution in [1.29, 1.82) is 5.26 Å². The fraction of sp³-hybridized carbons (Fsp3) is 0.214. The minimum atomic E-state index is -0.561. The van der Waals surface area contributed by atoms with Gasteiger partial charge in [-0.2, -0.15) is 5.26 Å². The zero-order valence-corrected chi connectivity index (χ0v) is 19.5. The second-order valence-electron chi connectivity index (χ2n) is 7.10. The highest BCUT2D eigenvalue weighted by molar-refractivity contribution is 5.93. The zero-order chi connectivity index (χ0) is 24.3. The maximum absolute atomic E-state index is 13.0. The van der Waals surface area contributed by atoms with Crippen LogP contribution < -0.4 is 18.9 Å². The Labute approximate surface area is 200 Å². The summed E-state index contributed by atoms with van der Waals surface area (Å²) in [7, 11) is 0. The van der Waals surface area contributed by atoms with Crippen LogP contribution in [0.2, 0.25) is 0 Å². The third kappa shape index (κ3) is 6.17. The Morgan fingerprint density at radius 1 is 0.824 bits per heavy atom. The molecule has 6 nitrogen and oxygen atoms in total. The highest BCUT2D eigenvalue weighted by Gasteiger charge is 2.19. The van der Waals surface area contributed by atoms with E-state index in [1.54, 1.807) is 36.4 Å². The smallest absolute Gasteiger partial charge is 0.343 e. The van der Waals surface area contributed by atoms with E-state index in [1.165, 1.54) is 0 Å². The standard InChI is InChI=1S/C28H27NO5/c1-4-31-25-17-22(18-26(32-5-2)27(25)33-6-3)28(30)34-24-14-10-11-20(16-24)15-23(19-29)21-12-8-7-9-13-21/h7-18H,4-6H2,1-3H3/b23-15-. The van der Waals surface area contributed by atoms with Gasteiger partial charge in [0, 0.05) is 0 Å². The molecule has 0 radical (unpaired) electrons. The lowest BCUT2D eigenvalue weighted by atomic mass is 10.0. The molecule has 0 amide bonds. The van der Waals surface area contributed by atoms with Gasteiger partial charge >= 0.3 is 5.97 Å². The Balaban J connectivity index is 1.88.